The second kappa shape index (κ2) is 9.01. The standard InChI is InChI=1S/C20H18.2ClH.Hf/c1-2-7-19-14-15(13-18(19)6-1)9-10-17-12-11-16-5-3-4-8-20(16)17;;;/h1-8,11-14,17-18H,9-10H2;2*1H;/q;;;+2/p-2. The first-order valence-electron chi connectivity index (χ1n) is 7.44. The number of rotatable bonds is 3. The molecule has 23 heavy (non-hydrogen) atoms. The van der Waals surface area contributed by atoms with E-state index in [9.17, 15) is 0 Å². The van der Waals surface area contributed by atoms with E-state index in [2.05, 4.69) is 72.9 Å². The van der Waals surface area contributed by atoms with Crippen molar-refractivity contribution in [3.63, 3.8) is 0 Å². The van der Waals surface area contributed by atoms with Gasteiger partial charge in [-0.2, -0.15) is 0 Å². The van der Waals surface area contributed by atoms with Crippen LogP contribution in [0.2, 0.25) is 0 Å². The minimum absolute atomic E-state index is 0. The number of halogens is 2. The molecule has 116 valence electrons. The maximum absolute atomic E-state index is 2.42. The van der Waals surface area contributed by atoms with Crippen LogP contribution in [0.15, 0.2) is 77.9 Å². The zero-order valence-electron chi connectivity index (χ0n) is 12.8. The topological polar surface area (TPSA) is 0 Å². The molecule has 0 amide bonds. The Kier molecular flexibility index (Phi) is 8.00. The van der Waals surface area contributed by atoms with Crippen LogP contribution in [0.4, 0.5) is 0 Å². The summed E-state index contributed by atoms with van der Waals surface area (Å²) in [4.78, 5) is 0. The molecule has 0 saturated heterocycles. The van der Waals surface area contributed by atoms with Gasteiger partial charge in [-0.15, -0.1) is 0 Å². The predicted molar refractivity (Wildman–Crippen MR) is 85.4 cm³/mol. The smallest absolute Gasteiger partial charge is 1.00 e. The Balaban J connectivity index is 0.000000882. The first-order valence-corrected chi connectivity index (χ1v) is 7.44. The second-order valence-electron chi connectivity index (χ2n) is 5.79. The van der Waals surface area contributed by atoms with Crippen LogP contribution in [0, 0.1) is 5.92 Å². The summed E-state index contributed by atoms with van der Waals surface area (Å²) in [6, 6.07) is 8.76. The summed E-state index contributed by atoms with van der Waals surface area (Å²) < 4.78 is 0. The molecule has 0 radical (unpaired) electrons. The SMILES string of the molecule is C1=CC2=CC(CCC3C=Cc4ccccc43)=CC2C=C1.[Cl-].[Cl-].[Hf+2]. The molecule has 0 saturated carbocycles. The Labute approximate surface area is 169 Å². The summed E-state index contributed by atoms with van der Waals surface area (Å²) in [5.74, 6) is 1.13. The van der Waals surface area contributed by atoms with Crippen LogP contribution < -0.4 is 24.8 Å². The average molecular weight is 508 g/mol. The van der Waals surface area contributed by atoms with Gasteiger partial charge in [0.1, 0.15) is 0 Å². The van der Waals surface area contributed by atoms with Gasteiger partial charge in [-0.25, -0.2) is 0 Å². The van der Waals surface area contributed by atoms with E-state index in [1.165, 1.54) is 35.1 Å². The van der Waals surface area contributed by atoms with E-state index < -0.39 is 0 Å². The fourth-order valence-corrected chi connectivity index (χ4v) is 3.41. The third-order valence-electron chi connectivity index (χ3n) is 4.50. The van der Waals surface area contributed by atoms with Gasteiger partial charge < -0.3 is 24.8 Å². The van der Waals surface area contributed by atoms with Crippen LogP contribution >= 0.6 is 0 Å². The molecule has 0 N–H and O–H groups in total. The van der Waals surface area contributed by atoms with E-state index in [1.807, 2.05) is 0 Å². The van der Waals surface area contributed by atoms with Crippen molar-refractivity contribution in [1.82, 2.24) is 0 Å². The van der Waals surface area contributed by atoms with E-state index in [-0.39, 0.29) is 50.7 Å². The number of fused-ring (bicyclic) bond motifs is 2. The van der Waals surface area contributed by atoms with Crippen LogP contribution in [-0.4, -0.2) is 0 Å². The zero-order chi connectivity index (χ0) is 13.4. The Hall–Kier alpha value is -0.630. The molecule has 0 bridgehead atoms. The van der Waals surface area contributed by atoms with Crippen molar-refractivity contribution in [1.29, 1.82) is 0 Å². The van der Waals surface area contributed by atoms with E-state index in [4.69, 9.17) is 0 Å². The molecule has 0 heterocycles. The van der Waals surface area contributed by atoms with E-state index >= 15 is 0 Å². The van der Waals surface area contributed by atoms with Crippen molar-refractivity contribution < 1.29 is 50.7 Å². The largest absolute Gasteiger partial charge is 2.00 e. The van der Waals surface area contributed by atoms with Crippen molar-refractivity contribution >= 4 is 6.08 Å². The van der Waals surface area contributed by atoms with E-state index in [1.54, 1.807) is 0 Å². The molecule has 1 aromatic rings. The van der Waals surface area contributed by atoms with Gasteiger partial charge in [0.25, 0.3) is 0 Å². The Bertz CT molecular complexity index is 695. The van der Waals surface area contributed by atoms with Crippen LogP contribution in [-0.2, 0) is 25.8 Å². The van der Waals surface area contributed by atoms with Crippen LogP contribution in [0.5, 0.6) is 0 Å². The van der Waals surface area contributed by atoms with Gasteiger partial charge in [0.15, 0.2) is 0 Å². The normalized spacial score (nSPS) is 22.1. The van der Waals surface area contributed by atoms with Crippen molar-refractivity contribution in [3.05, 3.63) is 89.1 Å². The molecule has 2 unspecified atom stereocenters. The minimum Gasteiger partial charge on any atom is -1.00 e. The molecule has 0 aliphatic heterocycles. The zero-order valence-corrected chi connectivity index (χ0v) is 17.9. The molecule has 4 rings (SSSR count). The predicted octanol–water partition coefficient (Wildman–Crippen LogP) is -0.809. The molecule has 1 aromatic carbocycles. The molecule has 2 atom stereocenters. The van der Waals surface area contributed by atoms with Gasteiger partial charge in [-0.1, -0.05) is 78.4 Å². The molecule has 0 spiro atoms. The Morgan fingerprint density at radius 3 is 2.57 bits per heavy atom. The maximum Gasteiger partial charge on any atom is 2.00 e. The third-order valence-corrected chi connectivity index (χ3v) is 4.50. The van der Waals surface area contributed by atoms with Gasteiger partial charge in [0.05, 0.1) is 0 Å². The van der Waals surface area contributed by atoms with Crippen molar-refractivity contribution in [2.24, 2.45) is 5.92 Å². The van der Waals surface area contributed by atoms with Crippen LogP contribution in [0.1, 0.15) is 29.9 Å². The molecular formula is C20H18Cl2Hf. The number of hydrogen-bond acceptors (Lipinski definition) is 0. The summed E-state index contributed by atoms with van der Waals surface area (Å²) in [7, 11) is 0. The summed E-state index contributed by atoms with van der Waals surface area (Å²) in [6.45, 7) is 0. The van der Waals surface area contributed by atoms with Gasteiger partial charge in [0, 0.05) is 11.8 Å². The number of benzene rings is 1. The third kappa shape index (κ3) is 4.26. The summed E-state index contributed by atoms with van der Waals surface area (Å²) in [5.41, 5.74) is 5.84. The van der Waals surface area contributed by atoms with Crippen LogP contribution in [0.25, 0.3) is 6.08 Å². The van der Waals surface area contributed by atoms with Crippen molar-refractivity contribution in [2.45, 2.75) is 18.8 Å². The maximum atomic E-state index is 2.42. The fourth-order valence-electron chi connectivity index (χ4n) is 3.41. The van der Waals surface area contributed by atoms with Crippen molar-refractivity contribution in [3.8, 4) is 0 Å². The molecule has 0 nitrogen and oxygen atoms in total. The van der Waals surface area contributed by atoms with Crippen molar-refractivity contribution in [2.75, 3.05) is 0 Å². The number of allylic oxidation sites excluding steroid dienone is 9. The summed E-state index contributed by atoms with van der Waals surface area (Å²) in [5, 5.41) is 0. The average Bonchev–Trinajstić information content (AvgIpc) is 3.08. The monoisotopic (exact) mass is 508 g/mol. The Morgan fingerprint density at radius 2 is 1.74 bits per heavy atom. The first-order chi connectivity index (χ1) is 9.90. The van der Waals surface area contributed by atoms with Gasteiger partial charge in [-0.05, 0) is 29.5 Å². The number of hydrogen-bond donors (Lipinski definition) is 0. The minimum atomic E-state index is 0. The van der Waals surface area contributed by atoms with Crippen LogP contribution in [0.3, 0.4) is 0 Å². The van der Waals surface area contributed by atoms with E-state index in [0.717, 1.165) is 0 Å². The summed E-state index contributed by atoms with van der Waals surface area (Å²) in [6.07, 6.45) is 20.6. The van der Waals surface area contributed by atoms with Gasteiger partial charge in [-0.3, -0.25) is 0 Å². The quantitative estimate of drug-likeness (QED) is 0.470. The molecule has 3 heteroatoms. The molecule has 0 aromatic heterocycles. The molecule has 3 aliphatic rings. The van der Waals surface area contributed by atoms with Gasteiger partial charge in [0.2, 0.25) is 0 Å². The van der Waals surface area contributed by atoms with E-state index in [0.29, 0.717) is 11.8 Å². The fraction of sp³-hybridized carbons (Fsp3) is 0.200. The second-order valence-corrected chi connectivity index (χ2v) is 5.79. The molecule has 0 fully saturated rings. The Morgan fingerprint density at radius 1 is 0.913 bits per heavy atom. The first kappa shape index (κ1) is 20.4. The summed E-state index contributed by atoms with van der Waals surface area (Å²) >= 11 is 0. The molecular weight excluding hydrogens is 490 g/mol. The molecule has 3 aliphatic carbocycles. The van der Waals surface area contributed by atoms with Gasteiger partial charge >= 0.3 is 25.8 Å².